The van der Waals surface area contributed by atoms with E-state index in [2.05, 4.69) is 32.6 Å². The van der Waals surface area contributed by atoms with Crippen LogP contribution >= 0.6 is 15.9 Å². The van der Waals surface area contributed by atoms with Crippen molar-refractivity contribution in [1.29, 1.82) is 0 Å². The van der Waals surface area contributed by atoms with Gasteiger partial charge in [0.25, 0.3) is 0 Å². The SMILES string of the molecule is CCCn1ncc(Br)c1C(N)C1CC2CC2C1. The van der Waals surface area contributed by atoms with Crippen LogP contribution in [0.15, 0.2) is 10.7 Å². The van der Waals surface area contributed by atoms with Crippen LogP contribution in [0.4, 0.5) is 0 Å². The standard InChI is InChI=1S/C13H20BrN3/c1-2-3-17-13(11(14)7-16-17)12(15)10-5-8-4-9(8)6-10/h7-10,12H,2-6,15H2,1H3. The lowest BCUT2D eigenvalue weighted by Crippen LogP contribution is -2.24. The van der Waals surface area contributed by atoms with E-state index in [4.69, 9.17) is 5.73 Å². The molecule has 2 saturated carbocycles. The fourth-order valence-corrected chi connectivity index (χ4v) is 3.93. The maximum atomic E-state index is 6.47. The Kier molecular flexibility index (Phi) is 3.03. The van der Waals surface area contributed by atoms with Crippen molar-refractivity contribution >= 4 is 15.9 Å². The number of rotatable bonds is 4. The van der Waals surface area contributed by atoms with Crippen LogP contribution in [0.1, 0.15) is 44.3 Å². The van der Waals surface area contributed by atoms with E-state index in [0.29, 0.717) is 5.92 Å². The van der Waals surface area contributed by atoms with Gasteiger partial charge < -0.3 is 5.73 Å². The number of nitrogens with zero attached hydrogens (tertiary/aromatic N) is 2. The summed E-state index contributed by atoms with van der Waals surface area (Å²) in [6.45, 7) is 3.14. The maximum Gasteiger partial charge on any atom is 0.0696 e. The first-order valence-corrected chi connectivity index (χ1v) is 7.46. The molecule has 2 aliphatic rings. The molecule has 17 heavy (non-hydrogen) atoms. The lowest BCUT2D eigenvalue weighted by atomic mass is 9.93. The Labute approximate surface area is 111 Å². The summed E-state index contributed by atoms with van der Waals surface area (Å²) in [7, 11) is 0. The molecule has 4 heteroatoms. The molecule has 2 fully saturated rings. The van der Waals surface area contributed by atoms with Gasteiger partial charge in [-0.05, 0) is 59.4 Å². The molecule has 3 unspecified atom stereocenters. The van der Waals surface area contributed by atoms with Gasteiger partial charge in [0.05, 0.1) is 22.4 Å². The van der Waals surface area contributed by atoms with E-state index < -0.39 is 0 Å². The van der Waals surface area contributed by atoms with Crippen LogP contribution in [0, 0.1) is 17.8 Å². The molecule has 3 atom stereocenters. The first-order chi connectivity index (χ1) is 8.20. The van der Waals surface area contributed by atoms with Crippen molar-refractivity contribution < 1.29 is 0 Å². The number of nitrogens with two attached hydrogens (primary N) is 1. The molecule has 0 aromatic carbocycles. The third-order valence-corrected chi connectivity index (χ3v) is 4.98. The smallest absolute Gasteiger partial charge is 0.0696 e. The van der Waals surface area contributed by atoms with Crippen LogP contribution in [0.3, 0.4) is 0 Å². The highest BCUT2D eigenvalue weighted by molar-refractivity contribution is 9.10. The summed E-state index contributed by atoms with van der Waals surface area (Å²) in [4.78, 5) is 0. The van der Waals surface area contributed by atoms with Crippen LogP contribution in [0.25, 0.3) is 0 Å². The third kappa shape index (κ3) is 2.06. The molecule has 0 spiro atoms. The topological polar surface area (TPSA) is 43.8 Å². The van der Waals surface area contributed by atoms with Crippen molar-refractivity contribution in [2.75, 3.05) is 0 Å². The number of hydrogen-bond donors (Lipinski definition) is 1. The van der Waals surface area contributed by atoms with Gasteiger partial charge in [-0.15, -0.1) is 0 Å². The Bertz CT molecular complexity index is 405. The largest absolute Gasteiger partial charge is 0.322 e. The predicted molar refractivity (Wildman–Crippen MR) is 71.5 cm³/mol. The summed E-state index contributed by atoms with van der Waals surface area (Å²) in [6.07, 6.45) is 7.11. The third-order valence-electron chi connectivity index (χ3n) is 4.37. The summed E-state index contributed by atoms with van der Waals surface area (Å²) in [5, 5.41) is 4.42. The van der Waals surface area contributed by atoms with Gasteiger partial charge in [0.15, 0.2) is 0 Å². The van der Waals surface area contributed by atoms with E-state index >= 15 is 0 Å². The Morgan fingerprint density at radius 1 is 1.47 bits per heavy atom. The normalized spacial score (nSPS) is 32.5. The average molecular weight is 298 g/mol. The summed E-state index contributed by atoms with van der Waals surface area (Å²) >= 11 is 3.60. The second kappa shape index (κ2) is 4.39. The van der Waals surface area contributed by atoms with E-state index in [-0.39, 0.29) is 6.04 Å². The number of hydrogen-bond acceptors (Lipinski definition) is 2. The number of aryl methyl sites for hydroxylation is 1. The van der Waals surface area contributed by atoms with Crippen molar-refractivity contribution in [3.05, 3.63) is 16.4 Å². The van der Waals surface area contributed by atoms with Crippen LogP contribution in [0.5, 0.6) is 0 Å². The summed E-state index contributed by atoms with van der Waals surface area (Å²) in [5.74, 6) is 2.65. The molecule has 0 radical (unpaired) electrons. The van der Waals surface area contributed by atoms with Crippen LogP contribution < -0.4 is 5.73 Å². The molecular weight excluding hydrogens is 278 g/mol. The fourth-order valence-electron chi connectivity index (χ4n) is 3.37. The summed E-state index contributed by atoms with van der Waals surface area (Å²) in [5.41, 5.74) is 7.68. The highest BCUT2D eigenvalue weighted by Gasteiger charge is 2.48. The zero-order chi connectivity index (χ0) is 12.0. The molecule has 0 aliphatic heterocycles. The van der Waals surface area contributed by atoms with Crippen molar-refractivity contribution in [3.63, 3.8) is 0 Å². The minimum atomic E-state index is 0.159. The van der Waals surface area contributed by atoms with Gasteiger partial charge in [-0.3, -0.25) is 4.68 Å². The van der Waals surface area contributed by atoms with Crippen LogP contribution in [-0.2, 0) is 6.54 Å². The molecule has 3 nitrogen and oxygen atoms in total. The van der Waals surface area contributed by atoms with Crippen molar-refractivity contribution in [2.24, 2.45) is 23.5 Å². The minimum Gasteiger partial charge on any atom is -0.322 e. The Hall–Kier alpha value is -0.350. The Morgan fingerprint density at radius 2 is 2.18 bits per heavy atom. The molecule has 1 aromatic rings. The molecule has 2 N–H and O–H groups in total. The molecule has 0 bridgehead atoms. The molecule has 0 saturated heterocycles. The molecule has 1 heterocycles. The molecule has 3 rings (SSSR count). The summed E-state index contributed by atoms with van der Waals surface area (Å²) < 4.78 is 3.16. The highest BCUT2D eigenvalue weighted by Crippen LogP contribution is 2.56. The van der Waals surface area contributed by atoms with Gasteiger partial charge in [0.2, 0.25) is 0 Å². The zero-order valence-electron chi connectivity index (χ0n) is 10.3. The molecule has 94 valence electrons. The van der Waals surface area contributed by atoms with E-state index in [1.807, 2.05) is 6.20 Å². The van der Waals surface area contributed by atoms with E-state index in [0.717, 1.165) is 29.3 Å². The Balaban J connectivity index is 1.79. The van der Waals surface area contributed by atoms with Crippen LogP contribution in [-0.4, -0.2) is 9.78 Å². The first-order valence-electron chi connectivity index (χ1n) is 6.67. The van der Waals surface area contributed by atoms with Crippen molar-refractivity contribution in [3.8, 4) is 0 Å². The molecule has 0 amide bonds. The van der Waals surface area contributed by atoms with Crippen LogP contribution in [0.2, 0.25) is 0 Å². The Morgan fingerprint density at radius 3 is 2.82 bits per heavy atom. The summed E-state index contributed by atoms with van der Waals surface area (Å²) in [6, 6.07) is 0.159. The zero-order valence-corrected chi connectivity index (χ0v) is 11.9. The first kappa shape index (κ1) is 11.7. The number of halogens is 1. The monoisotopic (exact) mass is 297 g/mol. The van der Waals surface area contributed by atoms with Gasteiger partial charge in [-0.25, -0.2) is 0 Å². The maximum absolute atomic E-state index is 6.47. The lowest BCUT2D eigenvalue weighted by Gasteiger charge is -2.22. The molecule has 1 aromatic heterocycles. The van der Waals surface area contributed by atoms with Gasteiger partial charge in [0, 0.05) is 6.54 Å². The fraction of sp³-hybridized carbons (Fsp3) is 0.769. The van der Waals surface area contributed by atoms with E-state index in [9.17, 15) is 0 Å². The highest BCUT2D eigenvalue weighted by atomic mass is 79.9. The van der Waals surface area contributed by atoms with E-state index in [1.54, 1.807) is 0 Å². The van der Waals surface area contributed by atoms with E-state index in [1.165, 1.54) is 25.0 Å². The van der Waals surface area contributed by atoms with Gasteiger partial charge in [0.1, 0.15) is 0 Å². The van der Waals surface area contributed by atoms with Crippen molar-refractivity contribution in [1.82, 2.24) is 9.78 Å². The van der Waals surface area contributed by atoms with Gasteiger partial charge >= 0.3 is 0 Å². The number of aromatic nitrogens is 2. The second-order valence-electron chi connectivity index (χ2n) is 5.61. The van der Waals surface area contributed by atoms with Crippen molar-refractivity contribution in [2.45, 2.75) is 45.2 Å². The average Bonchev–Trinajstić information content (AvgIpc) is 2.75. The van der Waals surface area contributed by atoms with Gasteiger partial charge in [-0.2, -0.15) is 5.10 Å². The minimum absolute atomic E-state index is 0.159. The molecule has 2 aliphatic carbocycles. The second-order valence-corrected chi connectivity index (χ2v) is 6.47. The van der Waals surface area contributed by atoms with Gasteiger partial charge in [-0.1, -0.05) is 6.92 Å². The number of fused-ring (bicyclic) bond motifs is 1. The quantitative estimate of drug-likeness (QED) is 0.928. The molecular formula is C13H20BrN3. The predicted octanol–water partition coefficient (Wildman–Crippen LogP) is 3.10. The lowest BCUT2D eigenvalue weighted by molar-refractivity contribution is 0.379.